The highest BCUT2D eigenvalue weighted by molar-refractivity contribution is 6.30. The van der Waals surface area contributed by atoms with Crippen LogP contribution in [-0.2, 0) is 0 Å². The van der Waals surface area contributed by atoms with Crippen molar-refractivity contribution < 1.29 is 14.6 Å². The van der Waals surface area contributed by atoms with E-state index in [4.69, 9.17) is 16.3 Å². The zero-order valence-electron chi connectivity index (χ0n) is 23.5. The molecule has 0 aliphatic carbocycles. The number of rotatable bonds is 7. The van der Waals surface area contributed by atoms with Gasteiger partial charge in [-0.05, 0) is 119 Å². The first kappa shape index (κ1) is 28.3. The standard InChI is InChI=1S/C32H44ClN3O3/c1-21(20-32(2,3)38)24-16-27-18-30(19-28(17-24)34-27)39-29-10-8-26(9-11-29)35-31(37)36-14-12-23(13-15-36)22-4-6-25(33)7-5-22/h4-11,21,23-24,27-28,30,34,38H,12-20H2,1-3H3,(H,35,37)/t21?,24?,27-,28+,30?. The number of urea groups is 1. The van der Waals surface area contributed by atoms with E-state index in [2.05, 4.69) is 29.7 Å². The van der Waals surface area contributed by atoms with Gasteiger partial charge in [-0.2, -0.15) is 0 Å². The number of carbonyl (C=O) groups is 1. The Hall–Kier alpha value is -2.28. The van der Waals surface area contributed by atoms with Gasteiger partial charge in [0.2, 0.25) is 0 Å². The minimum Gasteiger partial charge on any atom is -0.490 e. The van der Waals surface area contributed by atoms with Crippen LogP contribution in [-0.4, -0.2) is 52.9 Å². The predicted octanol–water partition coefficient (Wildman–Crippen LogP) is 6.83. The summed E-state index contributed by atoms with van der Waals surface area (Å²) in [5.41, 5.74) is 1.48. The minimum atomic E-state index is -0.606. The molecule has 0 saturated carbocycles. The molecule has 212 valence electrons. The fourth-order valence-corrected chi connectivity index (χ4v) is 7.16. The number of amides is 2. The second kappa shape index (κ2) is 12.1. The van der Waals surface area contributed by atoms with Gasteiger partial charge in [0.05, 0.1) is 5.60 Å². The summed E-state index contributed by atoms with van der Waals surface area (Å²) in [7, 11) is 0. The zero-order chi connectivity index (χ0) is 27.6. The molecule has 3 aliphatic heterocycles. The van der Waals surface area contributed by atoms with Crippen molar-refractivity contribution in [3.8, 4) is 5.75 Å². The van der Waals surface area contributed by atoms with Crippen molar-refractivity contribution >= 4 is 23.3 Å². The van der Waals surface area contributed by atoms with Crippen LogP contribution in [0.1, 0.15) is 77.2 Å². The van der Waals surface area contributed by atoms with Crippen LogP contribution in [0.25, 0.3) is 0 Å². The maximum Gasteiger partial charge on any atom is 0.321 e. The van der Waals surface area contributed by atoms with Crippen molar-refractivity contribution in [3.63, 3.8) is 0 Å². The predicted molar refractivity (Wildman–Crippen MR) is 158 cm³/mol. The molecule has 0 aromatic heterocycles. The minimum absolute atomic E-state index is 0.0437. The zero-order valence-corrected chi connectivity index (χ0v) is 24.3. The van der Waals surface area contributed by atoms with Crippen molar-refractivity contribution in [3.05, 3.63) is 59.1 Å². The topological polar surface area (TPSA) is 73.8 Å². The first-order valence-electron chi connectivity index (χ1n) is 14.7. The van der Waals surface area contributed by atoms with Crippen LogP contribution in [0, 0.1) is 11.8 Å². The Balaban J connectivity index is 1.07. The number of benzene rings is 2. The van der Waals surface area contributed by atoms with E-state index in [1.807, 2.05) is 55.1 Å². The van der Waals surface area contributed by atoms with Gasteiger partial charge in [-0.1, -0.05) is 30.7 Å². The molecule has 5 rings (SSSR count). The largest absolute Gasteiger partial charge is 0.490 e. The lowest BCUT2D eigenvalue weighted by atomic mass is 9.72. The molecule has 2 aromatic rings. The summed E-state index contributed by atoms with van der Waals surface area (Å²) in [6, 6.07) is 16.8. The van der Waals surface area contributed by atoms with E-state index in [1.54, 1.807) is 0 Å². The number of likely N-dealkylation sites (tertiary alicyclic amines) is 1. The van der Waals surface area contributed by atoms with Gasteiger partial charge in [-0.3, -0.25) is 0 Å². The fraction of sp³-hybridized carbons (Fsp3) is 0.594. The Morgan fingerprint density at radius 2 is 1.67 bits per heavy atom. The lowest BCUT2D eigenvalue weighted by molar-refractivity contribution is 0.0207. The molecule has 6 nitrogen and oxygen atoms in total. The van der Waals surface area contributed by atoms with Gasteiger partial charge in [0.25, 0.3) is 0 Å². The van der Waals surface area contributed by atoms with Crippen LogP contribution in [0.2, 0.25) is 5.02 Å². The van der Waals surface area contributed by atoms with Crippen molar-refractivity contribution in [1.82, 2.24) is 10.2 Å². The Morgan fingerprint density at radius 1 is 1.05 bits per heavy atom. The van der Waals surface area contributed by atoms with Gasteiger partial charge in [-0.15, -0.1) is 0 Å². The van der Waals surface area contributed by atoms with Crippen molar-refractivity contribution in [2.75, 3.05) is 18.4 Å². The number of aliphatic hydroxyl groups is 1. The summed E-state index contributed by atoms with van der Waals surface area (Å²) in [5.74, 6) is 2.50. The van der Waals surface area contributed by atoms with Crippen LogP contribution in [0.4, 0.5) is 10.5 Å². The monoisotopic (exact) mass is 553 g/mol. The number of piperidine rings is 3. The van der Waals surface area contributed by atoms with Crippen LogP contribution in [0.3, 0.4) is 0 Å². The van der Waals surface area contributed by atoms with Crippen LogP contribution < -0.4 is 15.4 Å². The quantitative estimate of drug-likeness (QED) is 0.351. The van der Waals surface area contributed by atoms with Crippen molar-refractivity contribution in [1.29, 1.82) is 0 Å². The third-order valence-electron chi connectivity index (χ3n) is 8.90. The van der Waals surface area contributed by atoms with E-state index in [0.29, 0.717) is 29.8 Å². The molecule has 3 aliphatic rings. The third-order valence-corrected chi connectivity index (χ3v) is 9.15. The second-order valence-electron chi connectivity index (χ2n) is 12.8. The van der Waals surface area contributed by atoms with E-state index in [9.17, 15) is 9.90 Å². The number of nitrogens with one attached hydrogen (secondary N) is 2. The molecule has 0 radical (unpaired) electrons. The number of hydrogen-bond donors (Lipinski definition) is 3. The van der Waals surface area contributed by atoms with Gasteiger partial charge < -0.3 is 25.4 Å². The van der Waals surface area contributed by atoms with Gasteiger partial charge in [-0.25, -0.2) is 4.79 Å². The van der Waals surface area contributed by atoms with E-state index in [0.717, 1.165) is 74.5 Å². The Labute approximate surface area is 238 Å². The average molecular weight is 554 g/mol. The molecule has 2 bridgehead atoms. The molecule has 3 N–H and O–H groups in total. The smallest absolute Gasteiger partial charge is 0.321 e. The van der Waals surface area contributed by atoms with Crippen LogP contribution in [0.5, 0.6) is 5.75 Å². The summed E-state index contributed by atoms with van der Waals surface area (Å²) in [4.78, 5) is 14.8. The van der Waals surface area contributed by atoms with Gasteiger partial charge in [0, 0.05) is 35.9 Å². The average Bonchev–Trinajstić information content (AvgIpc) is 2.89. The highest BCUT2D eigenvalue weighted by Crippen LogP contribution is 2.38. The highest BCUT2D eigenvalue weighted by Gasteiger charge is 2.39. The third kappa shape index (κ3) is 7.68. The molecular formula is C32H44ClN3O3. The maximum absolute atomic E-state index is 12.9. The number of nitrogens with zero attached hydrogens (tertiary/aromatic N) is 1. The number of fused-ring (bicyclic) bond motifs is 2. The van der Waals surface area contributed by atoms with Crippen molar-refractivity contribution in [2.45, 2.75) is 95.4 Å². The van der Waals surface area contributed by atoms with Crippen LogP contribution in [0.15, 0.2) is 48.5 Å². The summed E-state index contributed by atoms with van der Waals surface area (Å²) in [5, 5.41) is 17.9. The first-order valence-corrected chi connectivity index (χ1v) is 15.1. The summed E-state index contributed by atoms with van der Waals surface area (Å²) >= 11 is 6.02. The number of carbonyl (C=O) groups excluding carboxylic acids is 1. The van der Waals surface area contributed by atoms with Crippen molar-refractivity contribution in [2.24, 2.45) is 11.8 Å². The normalized spacial score (nSPS) is 26.6. The molecule has 5 atom stereocenters. The van der Waals surface area contributed by atoms with E-state index < -0.39 is 5.60 Å². The molecule has 7 heteroatoms. The fourth-order valence-electron chi connectivity index (χ4n) is 7.03. The molecule has 3 fully saturated rings. The van der Waals surface area contributed by atoms with Crippen LogP contribution >= 0.6 is 11.6 Å². The summed E-state index contributed by atoms with van der Waals surface area (Å²) in [6.07, 6.45) is 7.28. The SMILES string of the molecule is CC(CC(C)(C)O)C1C[C@H]2CC(Oc3ccc(NC(=O)N4CCC(c5ccc(Cl)cc5)CC4)cc3)C[C@@H](C1)N2. The van der Waals surface area contributed by atoms with E-state index in [-0.39, 0.29) is 12.1 Å². The Bertz CT molecular complexity index is 1080. The van der Waals surface area contributed by atoms with Gasteiger partial charge >= 0.3 is 6.03 Å². The van der Waals surface area contributed by atoms with Gasteiger partial charge in [0.15, 0.2) is 0 Å². The molecular weight excluding hydrogens is 510 g/mol. The maximum atomic E-state index is 12.9. The summed E-state index contributed by atoms with van der Waals surface area (Å²) in [6.45, 7) is 7.61. The van der Waals surface area contributed by atoms with E-state index >= 15 is 0 Å². The second-order valence-corrected chi connectivity index (χ2v) is 13.2. The Kier molecular flexibility index (Phi) is 8.75. The number of ether oxygens (including phenoxy) is 1. The lowest BCUT2D eigenvalue weighted by Crippen LogP contribution is -2.54. The number of hydrogen-bond acceptors (Lipinski definition) is 4. The lowest BCUT2D eigenvalue weighted by Gasteiger charge is -2.45. The van der Waals surface area contributed by atoms with E-state index in [1.165, 1.54) is 5.56 Å². The molecule has 3 unspecified atom stereocenters. The molecule has 3 heterocycles. The van der Waals surface area contributed by atoms with Gasteiger partial charge in [0.1, 0.15) is 11.9 Å². The molecule has 39 heavy (non-hydrogen) atoms. The molecule has 3 saturated heterocycles. The molecule has 0 spiro atoms. The Morgan fingerprint density at radius 3 is 2.26 bits per heavy atom. The molecule has 2 aromatic carbocycles. The number of halogens is 1. The highest BCUT2D eigenvalue weighted by atomic mass is 35.5. The summed E-state index contributed by atoms with van der Waals surface area (Å²) < 4.78 is 6.39. The number of anilines is 1. The first-order chi connectivity index (χ1) is 18.6. The molecule has 2 amide bonds.